The van der Waals surface area contributed by atoms with Gasteiger partial charge in [0.25, 0.3) is 5.91 Å². The topological polar surface area (TPSA) is 54.5 Å². The van der Waals surface area contributed by atoms with E-state index in [2.05, 4.69) is 58.5 Å². The number of likely N-dealkylation sites (tertiary alicyclic amines) is 1. The van der Waals surface area contributed by atoms with Crippen LogP contribution in [0.1, 0.15) is 53.7 Å². The van der Waals surface area contributed by atoms with Gasteiger partial charge >= 0.3 is 0 Å². The number of hydrogen-bond acceptors (Lipinski definition) is 5. The van der Waals surface area contributed by atoms with E-state index in [4.69, 9.17) is 4.74 Å². The Bertz CT molecular complexity index is 885. The van der Waals surface area contributed by atoms with Gasteiger partial charge in [-0.3, -0.25) is 9.69 Å². The van der Waals surface area contributed by atoms with Crippen LogP contribution in [0.15, 0.2) is 41.3 Å². The van der Waals surface area contributed by atoms with E-state index in [1.807, 2.05) is 12.3 Å². The van der Waals surface area contributed by atoms with Crippen LogP contribution in [0.4, 0.5) is 0 Å². The largest absolute Gasteiger partial charge is 0.370 e. The van der Waals surface area contributed by atoms with Crippen LogP contribution in [0.3, 0.4) is 0 Å². The molecule has 1 spiro atoms. The zero-order valence-electron chi connectivity index (χ0n) is 17.9. The minimum Gasteiger partial charge on any atom is -0.370 e. The average Bonchev–Trinajstić information content (AvgIpc) is 3.35. The Morgan fingerprint density at radius 3 is 2.77 bits per heavy atom. The van der Waals surface area contributed by atoms with Crippen LogP contribution >= 0.6 is 11.3 Å². The molecule has 0 saturated carbocycles. The molecular formula is C24H31N3O2S. The number of piperidine rings is 1. The SMILES string of the molecule is C/C(=C\c1ccccc1)CN1CCC2(CC[C@@H](CNC(=O)c3csc(C)n3)O2)CC1. The number of hydrogen-bond donors (Lipinski definition) is 1. The van der Waals surface area contributed by atoms with Crippen molar-refractivity contribution in [3.8, 4) is 0 Å². The van der Waals surface area contributed by atoms with E-state index >= 15 is 0 Å². The molecule has 1 atom stereocenters. The number of carbonyl (C=O) groups is 1. The molecule has 0 radical (unpaired) electrons. The van der Waals surface area contributed by atoms with Gasteiger partial charge in [0, 0.05) is 31.6 Å². The lowest BCUT2D eigenvalue weighted by atomic mass is 9.88. The summed E-state index contributed by atoms with van der Waals surface area (Å²) in [6, 6.07) is 10.5. The number of nitrogens with one attached hydrogen (secondary N) is 1. The highest BCUT2D eigenvalue weighted by Gasteiger charge is 2.42. The van der Waals surface area contributed by atoms with Gasteiger partial charge in [0.05, 0.1) is 16.7 Å². The number of amides is 1. The van der Waals surface area contributed by atoms with Crippen LogP contribution in [0, 0.1) is 6.92 Å². The Kier molecular flexibility index (Phi) is 6.66. The Morgan fingerprint density at radius 2 is 2.07 bits per heavy atom. The molecule has 160 valence electrons. The average molecular weight is 426 g/mol. The van der Waals surface area contributed by atoms with Gasteiger partial charge in [0.2, 0.25) is 0 Å². The van der Waals surface area contributed by atoms with Crippen LogP contribution in [0.2, 0.25) is 0 Å². The van der Waals surface area contributed by atoms with Gasteiger partial charge in [0.1, 0.15) is 5.69 Å². The first-order valence-electron chi connectivity index (χ1n) is 10.8. The van der Waals surface area contributed by atoms with Crippen molar-refractivity contribution in [1.82, 2.24) is 15.2 Å². The Hall–Kier alpha value is -2.02. The highest BCUT2D eigenvalue weighted by molar-refractivity contribution is 7.09. The first-order chi connectivity index (χ1) is 14.5. The maximum atomic E-state index is 12.2. The van der Waals surface area contributed by atoms with Crippen molar-refractivity contribution in [3.63, 3.8) is 0 Å². The van der Waals surface area contributed by atoms with Gasteiger partial charge in [-0.2, -0.15) is 0 Å². The second kappa shape index (κ2) is 9.41. The molecule has 2 aliphatic heterocycles. The summed E-state index contributed by atoms with van der Waals surface area (Å²) in [5.74, 6) is -0.0978. The minimum absolute atomic E-state index is 0.000161. The van der Waals surface area contributed by atoms with Crippen LogP contribution < -0.4 is 5.32 Å². The molecule has 0 aliphatic carbocycles. The standard InChI is InChI=1S/C24H31N3O2S/c1-18(14-20-6-4-3-5-7-20)16-27-12-10-24(11-13-27)9-8-21(29-24)15-25-23(28)22-17-30-19(2)26-22/h3-7,14,17,21H,8-13,15-16H2,1-2H3,(H,25,28)/b18-14+/t21-/m0/s1. The molecule has 3 heterocycles. The summed E-state index contributed by atoms with van der Waals surface area (Å²) in [6.45, 7) is 7.84. The molecule has 2 saturated heterocycles. The van der Waals surface area contributed by atoms with E-state index in [1.165, 1.54) is 22.5 Å². The summed E-state index contributed by atoms with van der Waals surface area (Å²) in [7, 11) is 0. The molecule has 5 nitrogen and oxygen atoms in total. The summed E-state index contributed by atoms with van der Waals surface area (Å²) < 4.78 is 6.46. The third kappa shape index (κ3) is 5.36. The molecule has 0 unspecified atom stereocenters. The van der Waals surface area contributed by atoms with Gasteiger partial charge in [-0.05, 0) is 45.1 Å². The van der Waals surface area contributed by atoms with Crippen molar-refractivity contribution in [1.29, 1.82) is 0 Å². The van der Waals surface area contributed by atoms with Crippen molar-refractivity contribution in [2.75, 3.05) is 26.2 Å². The van der Waals surface area contributed by atoms with Crippen LogP contribution in [-0.2, 0) is 4.74 Å². The zero-order valence-corrected chi connectivity index (χ0v) is 18.7. The van der Waals surface area contributed by atoms with Crippen molar-refractivity contribution in [2.45, 2.75) is 51.2 Å². The molecule has 2 aliphatic rings. The van der Waals surface area contributed by atoms with E-state index < -0.39 is 0 Å². The number of thiazole rings is 1. The molecule has 1 amide bonds. The van der Waals surface area contributed by atoms with Crippen molar-refractivity contribution in [2.24, 2.45) is 0 Å². The summed E-state index contributed by atoms with van der Waals surface area (Å²) in [5.41, 5.74) is 3.17. The van der Waals surface area contributed by atoms with Crippen LogP contribution in [0.5, 0.6) is 0 Å². The molecule has 6 heteroatoms. The molecular weight excluding hydrogens is 394 g/mol. The van der Waals surface area contributed by atoms with Crippen LogP contribution in [0.25, 0.3) is 6.08 Å². The van der Waals surface area contributed by atoms with Gasteiger partial charge < -0.3 is 10.1 Å². The smallest absolute Gasteiger partial charge is 0.270 e. The van der Waals surface area contributed by atoms with E-state index in [1.54, 1.807) is 0 Å². The monoisotopic (exact) mass is 425 g/mol. The predicted molar refractivity (Wildman–Crippen MR) is 122 cm³/mol. The van der Waals surface area contributed by atoms with Crippen molar-refractivity contribution < 1.29 is 9.53 Å². The lowest BCUT2D eigenvalue weighted by Crippen LogP contribution is -2.45. The Labute approximate surface area is 183 Å². The lowest BCUT2D eigenvalue weighted by molar-refractivity contribution is -0.0743. The van der Waals surface area contributed by atoms with Gasteiger partial charge in [-0.25, -0.2) is 4.98 Å². The van der Waals surface area contributed by atoms with E-state index in [-0.39, 0.29) is 17.6 Å². The Balaban J connectivity index is 1.22. The molecule has 2 fully saturated rings. The number of aryl methyl sites for hydroxylation is 1. The molecule has 1 N–H and O–H groups in total. The Morgan fingerprint density at radius 1 is 1.30 bits per heavy atom. The predicted octanol–water partition coefficient (Wildman–Crippen LogP) is 4.30. The number of rotatable bonds is 6. The van der Waals surface area contributed by atoms with E-state index in [0.29, 0.717) is 12.2 Å². The van der Waals surface area contributed by atoms with Crippen molar-refractivity contribution >= 4 is 23.3 Å². The number of carbonyl (C=O) groups excluding carboxylic acids is 1. The molecule has 0 bridgehead atoms. The molecule has 1 aromatic carbocycles. The third-order valence-electron chi connectivity index (χ3n) is 6.13. The number of ether oxygens (including phenoxy) is 1. The fourth-order valence-electron chi connectivity index (χ4n) is 4.52. The highest BCUT2D eigenvalue weighted by Crippen LogP contribution is 2.38. The molecule has 30 heavy (non-hydrogen) atoms. The molecule has 4 rings (SSSR count). The quantitative estimate of drug-likeness (QED) is 0.750. The maximum absolute atomic E-state index is 12.2. The van der Waals surface area contributed by atoms with Crippen LogP contribution in [-0.4, -0.2) is 53.7 Å². The maximum Gasteiger partial charge on any atom is 0.270 e. The second-order valence-electron chi connectivity index (χ2n) is 8.60. The zero-order chi connectivity index (χ0) is 21.0. The number of aromatic nitrogens is 1. The summed E-state index contributed by atoms with van der Waals surface area (Å²) >= 11 is 1.50. The minimum atomic E-state index is -0.0978. The van der Waals surface area contributed by atoms with Crippen molar-refractivity contribution in [3.05, 3.63) is 57.6 Å². The second-order valence-corrected chi connectivity index (χ2v) is 9.66. The first-order valence-corrected chi connectivity index (χ1v) is 11.7. The summed E-state index contributed by atoms with van der Waals surface area (Å²) in [4.78, 5) is 19.0. The van der Waals surface area contributed by atoms with Gasteiger partial charge in [-0.15, -0.1) is 11.3 Å². The van der Waals surface area contributed by atoms with Gasteiger partial charge in [-0.1, -0.05) is 42.0 Å². The van der Waals surface area contributed by atoms with Gasteiger partial charge in [0.15, 0.2) is 0 Å². The first kappa shape index (κ1) is 21.2. The van der Waals surface area contributed by atoms with E-state index in [0.717, 1.165) is 50.3 Å². The fraction of sp³-hybridized carbons (Fsp3) is 0.500. The molecule has 2 aromatic rings. The fourth-order valence-corrected chi connectivity index (χ4v) is 5.12. The summed E-state index contributed by atoms with van der Waals surface area (Å²) in [6.07, 6.45) is 6.64. The number of nitrogens with zero attached hydrogens (tertiary/aromatic N) is 2. The normalized spacial score (nSPS) is 21.8. The van der Waals surface area contributed by atoms with E-state index in [9.17, 15) is 4.79 Å². The molecule has 1 aromatic heterocycles. The highest BCUT2D eigenvalue weighted by atomic mass is 32.1. The number of benzene rings is 1. The third-order valence-corrected chi connectivity index (χ3v) is 6.91. The summed E-state index contributed by atoms with van der Waals surface area (Å²) in [5, 5.41) is 5.72. The lowest BCUT2D eigenvalue weighted by Gasteiger charge is -2.39.